The van der Waals surface area contributed by atoms with Crippen molar-refractivity contribution in [2.24, 2.45) is 43.3 Å². The van der Waals surface area contributed by atoms with Crippen LogP contribution in [0.3, 0.4) is 0 Å². The molecular formula is C94H160O45. The van der Waals surface area contributed by atoms with Crippen molar-refractivity contribution in [3.8, 4) is 0 Å². The average molecular weight is 2010 g/mol. The minimum absolute atomic E-state index is 0.0670. The molecule has 0 rings (SSSR count). The van der Waals surface area contributed by atoms with E-state index in [-0.39, 0.29) is 91.3 Å². The molecule has 0 heterocycles. The van der Waals surface area contributed by atoms with E-state index < -0.39 is 192 Å². The Morgan fingerprint density at radius 2 is 0.475 bits per heavy atom. The van der Waals surface area contributed by atoms with Crippen molar-refractivity contribution < 1.29 is 214 Å². The van der Waals surface area contributed by atoms with E-state index in [0.717, 1.165) is 20.8 Å². The Morgan fingerprint density at radius 3 is 0.748 bits per heavy atom. The minimum Gasteiger partial charge on any atom is -0.466 e. The molecule has 0 aromatic carbocycles. The number of ether oxygens (including phenoxy) is 23. The highest BCUT2D eigenvalue weighted by atomic mass is 16.7. The first-order valence-electron chi connectivity index (χ1n) is 44.0. The van der Waals surface area contributed by atoms with Gasteiger partial charge in [0.05, 0.1) is 83.3 Å². The van der Waals surface area contributed by atoms with E-state index in [4.69, 9.17) is 61.6 Å². The van der Waals surface area contributed by atoms with Gasteiger partial charge in [0.2, 0.25) is 0 Å². The molecule has 6 atom stereocenters. The molecule has 45 nitrogen and oxygen atoms in total. The molecule has 0 radical (unpaired) electrons. The van der Waals surface area contributed by atoms with Gasteiger partial charge in [-0.25, -0.2) is 43.2 Å². The van der Waals surface area contributed by atoms with E-state index >= 15 is 0 Å². The first kappa shape index (κ1) is 143. The molecule has 6 unspecified atom stereocenters. The molecule has 45 heteroatoms. The molecule has 0 N–H and O–H groups in total. The summed E-state index contributed by atoms with van der Waals surface area (Å²) in [7, 11) is 2.50. The number of rotatable bonds is 46. The molecule has 0 aromatic heterocycles. The first-order chi connectivity index (χ1) is 63.1. The van der Waals surface area contributed by atoms with Crippen LogP contribution in [0.4, 0.5) is 0 Å². The zero-order valence-electron chi connectivity index (χ0n) is 89.0. The fourth-order valence-electron chi connectivity index (χ4n) is 7.16. The molecule has 0 saturated carbocycles. The van der Waals surface area contributed by atoms with Crippen LogP contribution in [-0.2, 0) is 214 Å². The van der Waals surface area contributed by atoms with Crippen LogP contribution in [0.25, 0.3) is 0 Å². The van der Waals surface area contributed by atoms with Gasteiger partial charge in [0.25, 0.3) is 0 Å². The number of carbonyl (C=O) groups excluding carboxylic acids is 22. The van der Waals surface area contributed by atoms with Crippen molar-refractivity contribution in [3.05, 3.63) is 0 Å². The normalized spacial score (nSPS) is 12.3. The predicted octanol–water partition coefficient (Wildman–Crippen LogP) is 8.11. The number of hydrogen-bond donors (Lipinski definition) is 0. The van der Waals surface area contributed by atoms with Gasteiger partial charge in [-0.15, -0.1) is 0 Å². The van der Waals surface area contributed by atoms with Crippen LogP contribution in [0.1, 0.15) is 249 Å². The van der Waals surface area contributed by atoms with Gasteiger partial charge < -0.3 is 109 Å². The number of esters is 17. The van der Waals surface area contributed by atoms with Crippen molar-refractivity contribution in [1.29, 1.82) is 0 Å². The Hall–Kier alpha value is -10.9. The SMILES string of the molecule is CC(=O)OCC(=O)OC(C)C(=O)OCC(=O)C(C)(C)C.CC(=O)OCC(=O)OCC(=O)OC(C)C(=O)C(C)(C)C.CC(=O)OCC(=O)OCC(=O)OC(C)C(=O)C(C)(C)C.CC(=O)OCCOCCOCC(=O)C(C)(C)C.CC(=O)OCCOCCOCCOCC(=O)C(C)(C)C.CCOC(C)OC(=O)C(C)OC(=O)C(C)(C)C.COC(=O)C(C)OC(=O)C(C)(C)C.COC(=O)COC(=O)C(C)(C)C. The van der Waals surface area contributed by atoms with Gasteiger partial charge in [-0.2, -0.15) is 0 Å². The second-order valence-corrected chi connectivity index (χ2v) is 37.5. The molecule has 806 valence electrons. The monoisotopic (exact) mass is 2010 g/mol. The van der Waals surface area contributed by atoms with Crippen molar-refractivity contribution in [2.45, 2.75) is 286 Å². The van der Waals surface area contributed by atoms with Gasteiger partial charge >= 0.3 is 101 Å². The molecule has 139 heavy (non-hydrogen) atoms. The van der Waals surface area contributed by atoms with E-state index in [2.05, 4.69) is 47.4 Å². The lowest BCUT2D eigenvalue weighted by Crippen LogP contribution is -2.35. The van der Waals surface area contributed by atoms with E-state index in [1.54, 1.807) is 138 Å². The number of hydrogen-bond acceptors (Lipinski definition) is 45. The van der Waals surface area contributed by atoms with E-state index in [1.165, 1.54) is 62.7 Å². The molecule has 0 amide bonds. The third-order valence-corrected chi connectivity index (χ3v) is 15.4. The van der Waals surface area contributed by atoms with Gasteiger partial charge in [0, 0.05) is 68.3 Å². The summed E-state index contributed by atoms with van der Waals surface area (Å²) in [5.74, 6) is -11.2. The summed E-state index contributed by atoms with van der Waals surface area (Å²) >= 11 is 0. The lowest BCUT2D eigenvalue weighted by molar-refractivity contribution is -0.190. The van der Waals surface area contributed by atoms with Gasteiger partial charge in [-0.1, -0.05) is 104 Å². The van der Waals surface area contributed by atoms with Crippen LogP contribution in [0, 0.1) is 43.3 Å². The Bertz CT molecular complexity index is 3700. The smallest absolute Gasteiger partial charge is 0.349 e. The van der Waals surface area contributed by atoms with Crippen LogP contribution in [0.15, 0.2) is 0 Å². The molecule has 0 fully saturated rings. The summed E-state index contributed by atoms with van der Waals surface area (Å²) in [5.41, 5.74) is -4.42. The van der Waals surface area contributed by atoms with Crippen LogP contribution in [0.2, 0.25) is 0 Å². The highest BCUT2D eigenvalue weighted by Gasteiger charge is 2.35. The summed E-state index contributed by atoms with van der Waals surface area (Å²) in [5, 5.41) is 0. The molecular weight excluding hydrogens is 1850 g/mol. The number of Topliss-reactive ketones (excluding diaryl/α,β-unsaturated/α-hetero) is 5. The Kier molecular flexibility index (Phi) is 77.5. The van der Waals surface area contributed by atoms with Crippen LogP contribution >= 0.6 is 0 Å². The Labute approximate surface area is 817 Å². The van der Waals surface area contributed by atoms with E-state index in [0.29, 0.717) is 59.5 Å². The van der Waals surface area contributed by atoms with Crippen molar-refractivity contribution in [2.75, 3.05) is 146 Å². The number of methoxy groups -OCH3 is 2. The lowest BCUT2D eigenvalue weighted by Gasteiger charge is -2.21. The quantitative estimate of drug-likeness (QED) is 0.0240. The molecule has 0 saturated heterocycles. The maximum Gasteiger partial charge on any atom is 0.349 e. The van der Waals surface area contributed by atoms with E-state index in [9.17, 15) is 105 Å². The Morgan fingerprint density at radius 1 is 0.216 bits per heavy atom. The molecule has 0 aliphatic heterocycles. The number of ketones is 5. The summed E-state index contributed by atoms with van der Waals surface area (Å²) in [6.07, 6.45) is -5.42. The summed E-state index contributed by atoms with van der Waals surface area (Å²) < 4.78 is 110. The van der Waals surface area contributed by atoms with Crippen LogP contribution in [-0.4, -0.2) is 314 Å². The van der Waals surface area contributed by atoms with Crippen molar-refractivity contribution in [1.82, 2.24) is 0 Å². The van der Waals surface area contributed by atoms with Gasteiger partial charge in [0.1, 0.15) is 26.4 Å². The average Bonchev–Trinajstić information content (AvgIpc) is 0.913. The summed E-state index contributed by atoms with van der Waals surface area (Å²) in [6.45, 7) is 59.3. The first-order valence-corrected chi connectivity index (χ1v) is 44.0. The molecule has 0 spiro atoms. The number of carbonyl (C=O) groups is 22. The molecule has 0 aliphatic carbocycles. The topological polar surface area (TPSA) is 588 Å². The second kappa shape index (κ2) is 75.1. The van der Waals surface area contributed by atoms with Crippen molar-refractivity contribution >= 4 is 130 Å². The maximum atomic E-state index is 11.8. The summed E-state index contributed by atoms with van der Waals surface area (Å²) in [4.78, 5) is 245. The molecule has 0 bridgehead atoms. The second-order valence-electron chi connectivity index (χ2n) is 37.5. The lowest BCUT2D eigenvalue weighted by atomic mass is 9.88. The fraction of sp³-hybridized carbons (Fsp3) is 0.766. The highest BCUT2D eigenvalue weighted by molar-refractivity contribution is 5.92. The van der Waals surface area contributed by atoms with E-state index in [1.807, 2.05) is 41.5 Å². The highest BCUT2D eigenvalue weighted by Crippen LogP contribution is 2.23. The Balaban J connectivity index is -0.000000236. The third-order valence-electron chi connectivity index (χ3n) is 15.4. The largest absolute Gasteiger partial charge is 0.466 e. The van der Waals surface area contributed by atoms with Crippen LogP contribution in [0.5, 0.6) is 0 Å². The molecule has 0 aliphatic rings. The fourth-order valence-corrected chi connectivity index (χ4v) is 7.16. The minimum atomic E-state index is -1.18. The van der Waals surface area contributed by atoms with Gasteiger partial charge in [0.15, 0.2) is 112 Å². The maximum absolute atomic E-state index is 11.8. The standard InChI is InChI=1S/C14H26O6.3C13H20O7.2C12H22O5.C9H16O4.C8H14O4/c1-12(15)20-10-9-18-6-5-17-7-8-19-11-13(16)14(2,3)4;2*1-8(12(17)13(3,4)5)20-11(16)7-19-10(15)6-18-9(2)14;1-8(20-11(16)7-18-9(2)14)12(17)19-6-10(15)13(3,4)5;1-7-15-9(3)17-10(13)8(2)16-11(14)12(4,5)6;1-10(13)17-8-7-15-5-6-16-9-11(14)12(2,3)4;1-6(7(10)12-5)13-8(11)9(2,3)4;1-8(2,3)7(10)12-5-6(9)11-4/h5-11H2,1-4H3;3*8H,6-7H2,1-5H3;8-9H,7H2,1-6H3;5-9H2,1-4H3;6H,1-5H3;5H2,1-4H3. The van der Waals surface area contributed by atoms with Crippen LogP contribution < -0.4 is 0 Å². The zero-order chi connectivity index (χ0) is 111. The van der Waals surface area contributed by atoms with Crippen molar-refractivity contribution in [3.63, 3.8) is 0 Å². The zero-order valence-corrected chi connectivity index (χ0v) is 89.0. The molecule has 0 aromatic rings. The predicted molar refractivity (Wildman–Crippen MR) is 491 cm³/mol. The summed E-state index contributed by atoms with van der Waals surface area (Å²) in [6, 6.07) is 0. The third kappa shape index (κ3) is 90.7. The van der Waals surface area contributed by atoms with Gasteiger partial charge in [-0.3, -0.25) is 62.3 Å². The van der Waals surface area contributed by atoms with Gasteiger partial charge in [-0.05, 0) is 111 Å².